The van der Waals surface area contributed by atoms with Crippen molar-refractivity contribution in [1.29, 1.82) is 0 Å². The zero-order valence-corrected chi connectivity index (χ0v) is 29.2. The molecule has 0 saturated carbocycles. The molecule has 7 rings (SSSR count). The second kappa shape index (κ2) is 14.9. The number of rotatable bonds is 10. The first-order valence-electron chi connectivity index (χ1n) is 17.9. The molecule has 0 saturated heterocycles. The molecule has 0 spiro atoms. The van der Waals surface area contributed by atoms with E-state index in [4.69, 9.17) is 11.5 Å². The van der Waals surface area contributed by atoms with Crippen LogP contribution in [0.1, 0.15) is 54.9 Å². The van der Waals surface area contributed by atoms with Gasteiger partial charge in [0.1, 0.15) is 6.17 Å². The van der Waals surface area contributed by atoms with Crippen molar-refractivity contribution in [2.45, 2.75) is 51.7 Å². The monoisotopic (exact) mass is 657 g/mol. The number of aromatic nitrogens is 2. The van der Waals surface area contributed by atoms with Crippen LogP contribution in [0.25, 0.3) is 33.6 Å². The molecule has 1 aliphatic carbocycles. The molecular formula is C45H47N5. The van der Waals surface area contributed by atoms with Gasteiger partial charge in [-0.05, 0) is 79.3 Å². The second-order valence-electron chi connectivity index (χ2n) is 13.1. The lowest BCUT2D eigenvalue weighted by Crippen LogP contribution is -2.27. The molecule has 252 valence electrons. The van der Waals surface area contributed by atoms with Crippen LogP contribution in [-0.2, 0) is 19.4 Å². The SMILES string of the molecule is CC/C=C\C1=C(c2cc3ccccc3n2C(N)\C=C/C=C/C(N)=C/C=C\Cn2c3c(c4ccccc42)C=CCCC3)N(C)c2ccccc2C1. The number of allylic oxidation sites excluding steroid dienone is 10. The zero-order valence-electron chi connectivity index (χ0n) is 29.2. The summed E-state index contributed by atoms with van der Waals surface area (Å²) >= 11 is 0. The molecule has 2 aliphatic rings. The van der Waals surface area contributed by atoms with Crippen molar-refractivity contribution in [2.24, 2.45) is 11.5 Å². The first-order valence-corrected chi connectivity index (χ1v) is 17.9. The summed E-state index contributed by atoms with van der Waals surface area (Å²) in [5.74, 6) is 0. The van der Waals surface area contributed by atoms with E-state index >= 15 is 0 Å². The Morgan fingerprint density at radius 3 is 2.60 bits per heavy atom. The third kappa shape index (κ3) is 6.57. The lowest BCUT2D eigenvalue weighted by molar-refractivity contribution is 0.646. The Morgan fingerprint density at radius 1 is 0.920 bits per heavy atom. The Kier molecular flexibility index (Phi) is 9.86. The highest BCUT2D eigenvalue weighted by Gasteiger charge is 2.26. The molecule has 1 atom stereocenters. The van der Waals surface area contributed by atoms with Gasteiger partial charge in [0.05, 0.1) is 16.9 Å². The Hall–Kier alpha value is -5.52. The van der Waals surface area contributed by atoms with E-state index in [2.05, 4.69) is 143 Å². The molecule has 0 radical (unpaired) electrons. The summed E-state index contributed by atoms with van der Waals surface area (Å²) < 4.78 is 4.70. The number of fused-ring (bicyclic) bond motifs is 5. The van der Waals surface area contributed by atoms with E-state index in [1.165, 1.54) is 56.5 Å². The van der Waals surface area contributed by atoms with Crippen molar-refractivity contribution in [1.82, 2.24) is 9.13 Å². The topological polar surface area (TPSA) is 65.1 Å². The number of nitrogens with two attached hydrogens (primary N) is 2. The number of para-hydroxylation sites is 3. The van der Waals surface area contributed by atoms with Gasteiger partial charge in [0.15, 0.2) is 0 Å². The van der Waals surface area contributed by atoms with E-state index in [1.807, 2.05) is 30.4 Å². The Morgan fingerprint density at radius 2 is 1.72 bits per heavy atom. The van der Waals surface area contributed by atoms with E-state index in [9.17, 15) is 0 Å². The van der Waals surface area contributed by atoms with E-state index in [-0.39, 0.29) is 6.17 Å². The molecule has 50 heavy (non-hydrogen) atoms. The minimum Gasteiger partial charge on any atom is -0.399 e. The molecule has 4 N–H and O–H groups in total. The lowest BCUT2D eigenvalue weighted by atomic mass is 9.94. The number of hydrogen-bond donors (Lipinski definition) is 2. The summed E-state index contributed by atoms with van der Waals surface area (Å²) in [7, 11) is 2.16. The molecule has 3 heterocycles. The minimum atomic E-state index is -0.379. The molecule has 2 aromatic heterocycles. The highest BCUT2D eigenvalue weighted by Crippen LogP contribution is 2.40. The fourth-order valence-corrected chi connectivity index (χ4v) is 7.49. The van der Waals surface area contributed by atoms with Gasteiger partial charge in [0.2, 0.25) is 0 Å². The van der Waals surface area contributed by atoms with Crippen molar-refractivity contribution in [3.8, 4) is 0 Å². The highest BCUT2D eigenvalue weighted by atomic mass is 15.2. The summed E-state index contributed by atoms with van der Waals surface area (Å²) in [6, 6.07) is 28.1. The van der Waals surface area contributed by atoms with Gasteiger partial charge in [-0.2, -0.15) is 0 Å². The van der Waals surface area contributed by atoms with Gasteiger partial charge in [-0.25, -0.2) is 0 Å². The quantitative estimate of drug-likeness (QED) is 0.147. The maximum absolute atomic E-state index is 6.98. The molecule has 5 heteroatoms. The third-order valence-corrected chi connectivity index (χ3v) is 9.83. The van der Waals surface area contributed by atoms with Crippen LogP contribution in [0.3, 0.4) is 0 Å². The summed E-state index contributed by atoms with van der Waals surface area (Å²) in [6.07, 6.45) is 28.2. The van der Waals surface area contributed by atoms with Crippen LogP contribution in [0.15, 0.2) is 151 Å². The average molecular weight is 658 g/mol. The lowest BCUT2D eigenvalue weighted by Gasteiger charge is -2.33. The normalized spacial score (nSPS) is 16.1. The van der Waals surface area contributed by atoms with Gasteiger partial charge >= 0.3 is 0 Å². The van der Waals surface area contributed by atoms with Crippen LogP contribution in [0, 0.1) is 0 Å². The van der Waals surface area contributed by atoms with Gasteiger partial charge in [-0.15, -0.1) is 0 Å². The molecular weight excluding hydrogens is 611 g/mol. The molecule has 5 nitrogen and oxygen atoms in total. The van der Waals surface area contributed by atoms with Crippen molar-refractivity contribution >= 4 is 39.3 Å². The molecule has 1 unspecified atom stereocenters. The fraction of sp³-hybridized carbons (Fsp3) is 0.200. The van der Waals surface area contributed by atoms with Crippen LogP contribution in [0.2, 0.25) is 0 Å². The van der Waals surface area contributed by atoms with Gasteiger partial charge in [0, 0.05) is 58.9 Å². The number of hydrogen-bond acceptors (Lipinski definition) is 3. The summed E-state index contributed by atoms with van der Waals surface area (Å²) in [4.78, 5) is 2.32. The van der Waals surface area contributed by atoms with Crippen LogP contribution in [0.5, 0.6) is 0 Å². The minimum absolute atomic E-state index is 0.379. The van der Waals surface area contributed by atoms with Crippen molar-refractivity contribution in [3.63, 3.8) is 0 Å². The van der Waals surface area contributed by atoms with E-state index in [1.54, 1.807) is 0 Å². The van der Waals surface area contributed by atoms with Crippen molar-refractivity contribution < 1.29 is 0 Å². The Balaban J connectivity index is 1.11. The Bertz CT molecular complexity index is 2230. The van der Waals surface area contributed by atoms with E-state index in [0.29, 0.717) is 5.70 Å². The predicted octanol–water partition coefficient (Wildman–Crippen LogP) is 9.98. The molecule has 0 fully saturated rings. The zero-order chi connectivity index (χ0) is 34.5. The molecule has 3 aromatic carbocycles. The molecule has 5 aromatic rings. The predicted molar refractivity (Wildman–Crippen MR) is 214 cm³/mol. The highest BCUT2D eigenvalue weighted by molar-refractivity contribution is 5.93. The van der Waals surface area contributed by atoms with Crippen molar-refractivity contribution in [2.75, 3.05) is 11.9 Å². The van der Waals surface area contributed by atoms with Crippen LogP contribution in [-0.4, -0.2) is 16.2 Å². The second-order valence-corrected chi connectivity index (χ2v) is 13.1. The molecule has 0 bridgehead atoms. The van der Waals surface area contributed by atoms with Gasteiger partial charge in [-0.1, -0.05) is 110 Å². The fourth-order valence-electron chi connectivity index (χ4n) is 7.49. The first kappa shape index (κ1) is 33.0. The van der Waals surface area contributed by atoms with Crippen LogP contribution < -0.4 is 16.4 Å². The Labute approximate surface area is 296 Å². The summed E-state index contributed by atoms with van der Waals surface area (Å²) in [5, 5.41) is 2.50. The molecule has 0 amide bonds. The maximum atomic E-state index is 6.98. The number of nitrogens with zero attached hydrogens (tertiary/aromatic N) is 3. The first-order chi connectivity index (χ1) is 24.5. The average Bonchev–Trinajstić information content (AvgIpc) is 3.54. The summed E-state index contributed by atoms with van der Waals surface area (Å²) in [6.45, 7) is 2.99. The number of anilines is 1. The third-order valence-electron chi connectivity index (χ3n) is 9.83. The van der Waals surface area contributed by atoms with Gasteiger partial charge in [-0.3, -0.25) is 0 Å². The van der Waals surface area contributed by atoms with Crippen molar-refractivity contribution in [3.05, 3.63) is 173 Å². The summed E-state index contributed by atoms with van der Waals surface area (Å²) in [5.41, 5.74) is 25.4. The standard InChI is InChI=1S/C45H47N5/c1-3-4-18-35-31-33-19-8-12-25-39(33)48(2)45(35)43-32-34-20-9-13-26-40(34)50(43)44(47)29-15-10-21-36(46)22-16-17-30-49-41-27-7-5-6-23-37(41)38-24-11-14-28-42(38)49/h4,6,8-26,28-29,32,44H,3,5,7,27,30-31,46-47H2,1-2H3/b17-16-,18-4-,21-10+,29-15-,36-22-. The smallest absolute Gasteiger partial charge is 0.101 e. The van der Waals surface area contributed by atoms with Crippen LogP contribution >= 0.6 is 0 Å². The number of benzene rings is 3. The van der Waals surface area contributed by atoms with E-state index in [0.717, 1.165) is 43.4 Å². The maximum Gasteiger partial charge on any atom is 0.101 e. The van der Waals surface area contributed by atoms with Gasteiger partial charge < -0.3 is 25.5 Å². The van der Waals surface area contributed by atoms with E-state index < -0.39 is 0 Å². The largest absolute Gasteiger partial charge is 0.399 e. The van der Waals surface area contributed by atoms with Crippen LogP contribution in [0.4, 0.5) is 5.69 Å². The molecule has 1 aliphatic heterocycles. The van der Waals surface area contributed by atoms with Gasteiger partial charge in [0.25, 0.3) is 0 Å².